The van der Waals surface area contributed by atoms with Crippen LogP contribution in [-0.4, -0.2) is 56.8 Å². The number of aromatic hydroxyl groups is 1. The van der Waals surface area contributed by atoms with Crippen LogP contribution in [0, 0.1) is 27.7 Å². The summed E-state index contributed by atoms with van der Waals surface area (Å²) in [6.07, 6.45) is -0.584. The van der Waals surface area contributed by atoms with Gasteiger partial charge in [0.05, 0.1) is 38.2 Å². The Morgan fingerprint density at radius 2 is 1.15 bits per heavy atom. The summed E-state index contributed by atoms with van der Waals surface area (Å²) in [5.74, 6) is -2.84. The highest BCUT2D eigenvalue weighted by Gasteiger charge is 2.49. The van der Waals surface area contributed by atoms with Gasteiger partial charge in [0.2, 0.25) is 0 Å². The van der Waals surface area contributed by atoms with Crippen LogP contribution in [-0.2, 0) is 29.2 Å². The number of ketones is 2. The molecule has 0 aliphatic carbocycles. The van der Waals surface area contributed by atoms with Gasteiger partial charge in [-0.3, -0.25) is 19.2 Å². The molecular weight excluding hydrogens is 573 g/mol. The summed E-state index contributed by atoms with van der Waals surface area (Å²) in [5, 5.41) is 9.73. The van der Waals surface area contributed by atoms with Gasteiger partial charge in [0.15, 0.2) is 17.3 Å². The maximum Gasteiger partial charge on any atom is 0.534 e. The number of benzene rings is 2. The molecule has 0 fully saturated rings. The number of Topliss-reactive ketones (excluding diaryl/α,β-unsaturated/α-hetero) is 2. The number of rotatable bonds is 10. The number of ether oxygens (including phenoxy) is 2. The van der Waals surface area contributed by atoms with Crippen molar-refractivity contribution in [1.82, 2.24) is 0 Å². The standard InChI is InChI=1S/C14H15F3O6S.C13H16O4/c1-8-6-9(2)13(10(18)4-5-12(19)22-3)11(7-8)23-24(20,21)14(15,16)17;1-8-6-9(2)13(11(15)7-8)10(14)4-5-12(16)17-3/h6-7H,4-5H2,1-3H3;6-7,15H,4-5H2,1-3H3. The van der Waals surface area contributed by atoms with E-state index in [1.165, 1.54) is 27.0 Å². The molecule has 0 atom stereocenters. The van der Waals surface area contributed by atoms with Crippen molar-refractivity contribution in [1.29, 1.82) is 0 Å². The molecule has 0 radical (unpaired) electrons. The molecule has 2 rings (SSSR count). The molecule has 41 heavy (non-hydrogen) atoms. The molecular formula is C27H31F3O10S. The van der Waals surface area contributed by atoms with E-state index in [0.717, 1.165) is 24.3 Å². The highest BCUT2D eigenvalue weighted by atomic mass is 32.2. The number of halogens is 3. The lowest BCUT2D eigenvalue weighted by Gasteiger charge is -2.15. The van der Waals surface area contributed by atoms with Crippen LogP contribution in [0.15, 0.2) is 24.3 Å². The third-order valence-corrected chi connectivity index (χ3v) is 6.48. The summed E-state index contributed by atoms with van der Waals surface area (Å²) < 4.78 is 72.8. The molecule has 1 N–H and O–H groups in total. The number of phenolic OH excluding ortho intramolecular Hbond substituents is 1. The minimum Gasteiger partial charge on any atom is -0.507 e. The molecule has 0 saturated carbocycles. The number of esters is 2. The fraction of sp³-hybridized carbons (Fsp3) is 0.407. The molecule has 2 aromatic carbocycles. The van der Waals surface area contributed by atoms with Crippen molar-refractivity contribution in [2.24, 2.45) is 0 Å². The lowest BCUT2D eigenvalue weighted by atomic mass is 9.98. The van der Waals surface area contributed by atoms with Crippen LogP contribution in [0.3, 0.4) is 0 Å². The van der Waals surface area contributed by atoms with Gasteiger partial charge < -0.3 is 18.8 Å². The summed E-state index contributed by atoms with van der Waals surface area (Å²) in [6, 6.07) is 5.86. The van der Waals surface area contributed by atoms with Crippen molar-refractivity contribution in [2.45, 2.75) is 58.9 Å². The summed E-state index contributed by atoms with van der Waals surface area (Å²) in [4.78, 5) is 46.1. The Morgan fingerprint density at radius 3 is 1.56 bits per heavy atom. The second-order valence-electron chi connectivity index (χ2n) is 8.91. The van der Waals surface area contributed by atoms with E-state index >= 15 is 0 Å². The van der Waals surface area contributed by atoms with E-state index in [1.54, 1.807) is 13.0 Å². The van der Waals surface area contributed by atoms with E-state index in [2.05, 4.69) is 13.7 Å². The van der Waals surface area contributed by atoms with E-state index in [1.807, 2.05) is 13.0 Å². The van der Waals surface area contributed by atoms with Crippen LogP contribution < -0.4 is 4.18 Å². The number of aryl methyl sites for hydroxylation is 4. The van der Waals surface area contributed by atoms with Crippen molar-refractivity contribution in [2.75, 3.05) is 14.2 Å². The highest BCUT2D eigenvalue weighted by Crippen LogP contribution is 2.32. The Labute approximate surface area is 235 Å². The summed E-state index contributed by atoms with van der Waals surface area (Å²) in [5.41, 5.74) is -3.41. The third kappa shape index (κ3) is 10.2. The molecule has 0 spiro atoms. The second kappa shape index (κ2) is 14.6. The number of hydrogen-bond acceptors (Lipinski definition) is 10. The molecule has 0 aromatic heterocycles. The predicted molar refractivity (Wildman–Crippen MR) is 140 cm³/mol. The zero-order valence-corrected chi connectivity index (χ0v) is 24.1. The minimum absolute atomic E-state index is 0.0299. The number of methoxy groups -OCH3 is 2. The van der Waals surface area contributed by atoms with Gasteiger partial charge in [-0.2, -0.15) is 21.6 Å². The van der Waals surface area contributed by atoms with Crippen LogP contribution >= 0.6 is 0 Å². The van der Waals surface area contributed by atoms with Crippen LogP contribution in [0.4, 0.5) is 13.2 Å². The van der Waals surface area contributed by atoms with Crippen LogP contribution in [0.5, 0.6) is 11.5 Å². The first-order chi connectivity index (χ1) is 18.8. The first-order valence-electron chi connectivity index (χ1n) is 12.0. The van der Waals surface area contributed by atoms with Crippen molar-refractivity contribution >= 4 is 33.6 Å². The smallest absolute Gasteiger partial charge is 0.507 e. The maximum absolute atomic E-state index is 12.5. The molecule has 10 nitrogen and oxygen atoms in total. The lowest BCUT2D eigenvalue weighted by Crippen LogP contribution is -2.28. The van der Waals surface area contributed by atoms with Crippen LogP contribution in [0.1, 0.15) is 68.7 Å². The van der Waals surface area contributed by atoms with Crippen LogP contribution in [0.25, 0.3) is 0 Å². The normalized spacial score (nSPS) is 11.1. The van der Waals surface area contributed by atoms with Gasteiger partial charge in [-0.15, -0.1) is 0 Å². The first-order valence-corrected chi connectivity index (χ1v) is 13.4. The van der Waals surface area contributed by atoms with Gasteiger partial charge in [0, 0.05) is 12.8 Å². The summed E-state index contributed by atoms with van der Waals surface area (Å²) in [7, 11) is -3.52. The molecule has 0 amide bonds. The van der Waals surface area contributed by atoms with E-state index in [4.69, 9.17) is 0 Å². The Hall–Kier alpha value is -3.94. The Balaban J connectivity index is 0.000000435. The van der Waals surface area contributed by atoms with Gasteiger partial charge in [0.25, 0.3) is 0 Å². The number of carbonyl (C=O) groups excluding carboxylic acids is 4. The maximum atomic E-state index is 12.5. The fourth-order valence-electron chi connectivity index (χ4n) is 3.71. The van der Waals surface area contributed by atoms with Gasteiger partial charge in [-0.1, -0.05) is 12.1 Å². The molecule has 0 aliphatic heterocycles. The molecule has 14 heteroatoms. The molecule has 0 heterocycles. The third-order valence-electron chi connectivity index (χ3n) is 5.51. The number of carbonyl (C=O) groups is 4. The number of alkyl halides is 3. The summed E-state index contributed by atoms with van der Waals surface area (Å²) >= 11 is 0. The highest BCUT2D eigenvalue weighted by molar-refractivity contribution is 7.88. The Morgan fingerprint density at radius 1 is 0.732 bits per heavy atom. The van der Waals surface area contributed by atoms with Gasteiger partial charge in [-0.25, -0.2) is 0 Å². The van der Waals surface area contributed by atoms with E-state index in [-0.39, 0.29) is 48.3 Å². The number of phenols is 1. The average Bonchev–Trinajstić information content (AvgIpc) is 2.84. The molecule has 0 saturated heterocycles. The quantitative estimate of drug-likeness (QED) is 0.173. The van der Waals surface area contributed by atoms with E-state index in [0.29, 0.717) is 11.1 Å². The molecule has 2 aromatic rings. The van der Waals surface area contributed by atoms with Gasteiger partial charge in [-0.05, 0) is 62.1 Å². The zero-order chi connectivity index (χ0) is 31.7. The average molecular weight is 605 g/mol. The molecule has 0 bridgehead atoms. The second-order valence-corrected chi connectivity index (χ2v) is 10.5. The van der Waals surface area contributed by atoms with E-state index < -0.39 is 39.1 Å². The topological polar surface area (TPSA) is 150 Å². The summed E-state index contributed by atoms with van der Waals surface area (Å²) in [6.45, 7) is 6.53. The monoisotopic (exact) mass is 604 g/mol. The Bertz CT molecular complexity index is 1390. The van der Waals surface area contributed by atoms with Crippen LogP contribution in [0.2, 0.25) is 0 Å². The zero-order valence-electron chi connectivity index (χ0n) is 23.3. The molecule has 226 valence electrons. The van der Waals surface area contributed by atoms with Gasteiger partial charge >= 0.3 is 27.6 Å². The molecule has 0 unspecified atom stereocenters. The van der Waals surface area contributed by atoms with Crippen molar-refractivity contribution in [3.63, 3.8) is 0 Å². The van der Waals surface area contributed by atoms with Crippen molar-refractivity contribution in [3.8, 4) is 11.5 Å². The van der Waals surface area contributed by atoms with E-state index in [9.17, 15) is 45.9 Å². The lowest BCUT2D eigenvalue weighted by molar-refractivity contribution is -0.141. The number of hydrogen-bond donors (Lipinski definition) is 1. The largest absolute Gasteiger partial charge is 0.534 e. The van der Waals surface area contributed by atoms with Crippen molar-refractivity contribution < 1.29 is 59.5 Å². The molecule has 0 aliphatic rings. The predicted octanol–water partition coefficient (Wildman–Crippen LogP) is 4.81. The van der Waals surface area contributed by atoms with Crippen molar-refractivity contribution in [3.05, 3.63) is 57.6 Å². The SMILES string of the molecule is COC(=O)CCC(=O)c1c(C)cc(C)cc1O.COC(=O)CCC(=O)c1c(C)cc(C)cc1OS(=O)(=O)C(F)(F)F. The van der Waals surface area contributed by atoms with Gasteiger partial charge in [0.1, 0.15) is 5.75 Å². The Kier molecular flexibility index (Phi) is 12.5. The minimum atomic E-state index is -5.92. The first kappa shape index (κ1) is 35.1. The fourth-order valence-corrected chi connectivity index (χ4v) is 4.17.